The van der Waals surface area contributed by atoms with Crippen LogP contribution in [0.3, 0.4) is 0 Å². The molecule has 0 aromatic rings. The zero-order valence-corrected chi connectivity index (χ0v) is 5.20. The van der Waals surface area contributed by atoms with Gasteiger partial charge in [-0.25, -0.2) is 0 Å². The fraction of sp³-hybridized carbons (Fsp3) is 0.667. The van der Waals surface area contributed by atoms with Crippen LogP contribution in [0, 0.1) is 0 Å². The maximum absolute atomic E-state index is 3.22. The third-order valence-corrected chi connectivity index (χ3v) is 1.25. The van der Waals surface area contributed by atoms with Crippen LogP contribution in [0.4, 0.5) is 0 Å². The van der Waals surface area contributed by atoms with Crippen LogP contribution in [0.2, 0.25) is 0 Å². The molecule has 1 rings (SSSR count). The third kappa shape index (κ3) is 1.64. The molecule has 46 valence electrons. The number of hydrogen-bond acceptors (Lipinski definition) is 2. The van der Waals surface area contributed by atoms with Crippen molar-refractivity contribution in [3.63, 3.8) is 0 Å². The lowest BCUT2D eigenvalue weighted by atomic mass is 10.3. The summed E-state index contributed by atoms with van der Waals surface area (Å²) in [5, 5.41) is 6.41. The molecule has 0 saturated heterocycles. The summed E-state index contributed by atoms with van der Waals surface area (Å²) in [4.78, 5) is 0. The minimum absolute atomic E-state index is 0.938. The van der Waals surface area contributed by atoms with Gasteiger partial charge < -0.3 is 10.6 Å². The molecule has 2 N–H and O–H groups in total. The molecule has 0 saturated carbocycles. The van der Waals surface area contributed by atoms with E-state index in [-0.39, 0.29) is 0 Å². The minimum Gasteiger partial charge on any atom is -0.301 e. The fourth-order valence-electron chi connectivity index (χ4n) is 0.739. The van der Waals surface area contributed by atoms with Gasteiger partial charge in [0.1, 0.15) is 0 Å². The van der Waals surface area contributed by atoms with E-state index >= 15 is 0 Å². The average Bonchev–Trinajstić information content (AvgIpc) is 1.94. The third-order valence-electron chi connectivity index (χ3n) is 1.25. The van der Waals surface area contributed by atoms with Crippen LogP contribution in [-0.2, 0) is 0 Å². The van der Waals surface area contributed by atoms with Crippen LogP contribution in [0.15, 0.2) is 11.6 Å². The summed E-state index contributed by atoms with van der Waals surface area (Å²) in [5.41, 5.74) is 1.43. The van der Waals surface area contributed by atoms with Gasteiger partial charge in [0.25, 0.3) is 0 Å². The molecule has 0 bridgehead atoms. The molecular weight excluding hydrogens is 100 g/mol. The molecular formula is C6H12N2. The van der Waals surface area contributed by atoms with Gasteiger partial charge in [-0.2, -0.15) is 0 Å². The molecule has 0 atom stereocenters. The highest BCUT2D eigenvalue weighted by Crippen LogP contribution is 1.89. The van der Waals surface area contributed by atoms with Gasteiger partial charge in [-0.15, -0.1) is 0 Å². The number of rotatable bonds is 0. The zero-order chi connectivity index (χ0) is 5.82. The van der Waals surface area contributed by atoms with E-state index in [1.807, 2.05) is 0 Å². The minimum atomic E-state index is 0.938. The first-order valence-corrected chi connectivity index (χ1v) is 2.96. The molecule has 2 heteroatoms. The Balaban J connectivity index is 2.36. The summed E-state index contributed by atoms with van der Waals surface area (Å²) in [6, 6.07) is 0. The van der Waals surface area contributed by atoms with Crippen LogP contribution >= 0.6 is 0 Å². The largest absolute Gasteiger partial charge is 0.301 e. The van der Waals surface area contributed by atoms with E-state index < -0.39 is 0 Å². The van der Waals surface area contributed by atoms with Crippen LogP contribution in [-0.4, -0.2) is 19.8 Å². The Labute approximate surface area is 50.0 Å². The SMILES string of the molecule is CC1=CCNCNC1. The maximum Gasteiger partial charge on any atom is 0.0459 e. The smallest absolute Gasteiger partial charge is 0.0459 e. The van der Waals surface area contributed by atoms with Gasteiger partial charge in [-0.1, -0.05) is 11.6 Å². The first kappa shape index (κ1) is 5.79. The van der Waals surface area contributed by atoms with Crippen molar-refractivity contribution in [3.05, 3.63) is 11.6 Å². The second-order valence-corrected chi connectivity index (χ2v) is 2.11. The lowest BCUT2D eigenvalue weighted by Crippen LogP contribution is -2.26. The fourth-order valence-corrected chi connectivity index (χ4v) is 0.739. The quantitative estimate of drug-likeness (QED) is 0.434. The van der Waals surface area contributed by atoms with Crippen molar-refractivity contribution >= 4 is 0 Å². The molecule has 1 heterocycles. The van der Waals surface area contributed by atoms with E-state index in [2.05, 4.69) is 23.6 Å². The van der Waals surface area contributed by atoms with Gasteiger partial charge in [0.2, 0.25) is 0 Å². The van der Waals surface area contributed by atoms with Crippen molar-refractivity contribution in [2.24, 2.45) is 0 Å². The first-order chi connectivity index (χ1) is 3.89. The van der Waals surface area contributed by atoms with Crippen molar-refractivity contribution in [2.75, 3.05) is 19.8 Å². The van der Waals surface area contributed by atoms with E-state index in [1.165, 1.54) is 5.57 Å². The second-order valence-electron chi connectivity index (χ2n) is 2.11. The highest BCUT2D eigenvalue weighted by molar-refractivity contribution is 5.02. The van der Waals surface area contributed by atoms with Crippen molar-refractivity contribution in [3.8, 4) is 0 Å². The van der Waals surface area contributed by atoms with Crippen LogP contribution in [0.1, 0.15) is 6.92 Å². The normalized spacial score (nSPS) is 21.9. The monoisotopic (exact) mass is 112 g/mol. The topological polar surface area (TPSA) is 24.1 Å². The number of nitrogens with one attached hydrogen (secondary N) is 2. The van der Waals surface area contributed by atoms with Gasteiger partial charge in [-0.3, -0.25) is 0 Å². The second kappa shape index (κ2) is 2.84. The predicted octanol–water partition coefficient (Wildman–Crippen LogP) is 0.0830. The summed E-state index contributed by atoms with van der Waals surface area (Å²) in [6.07, 6.45) is 2.21. The molecule has 0 spiro atoms. The Hall–Kier alpha value is -0.340. The average molecular weight is 112 g/mol. The highest BCUT2D eigenvalue weighted by Gasteiger charge is 1.92. The van der Waals surface area contributed by atoms with E-state index in [0.29, 0.717) is 0 Å². The standard InChI is InChI=1S/C6H12N2/c1-6-2-3-7-5-8-4-6/h2,7-8H,3-5H2,1H3. The Morgan fingerprint density at radius 1 is 1.50 bits per heavy atom. The molecule has 0 radical (unpaired) electrons. The molecule has 1 aliphatic heterocycles. The van der Waals surface area contributed by atoms with E-state index in [4.69, 9.17) is 0 Å². The van der Waals surface area contributed by atoms with Crippen LogP contribution < -0.4 is 10.6 Å². The Bertz CT molecular complexity index is 96.7. The lowest BCUT2D eigenvalue weighted by Gasteiger charge is -1.96. The summed E-state index contributed by atoms with van der Waals surface area (Å²) in [6.45, 7) is 5.12. The molecule has 0 fully saturated rings. The molecule has 8 heavy (non-hydrogen) atoms. The van der Waals surface area contributed by atoms with Gasteiger partial charge in [-0.05, 0) is 6.92 Å². The van der Waals surface area contributed by atoms with Crippen molar-refractivity contribution in [1.29, 1.82) is 0 Å². The Kier molecular flexibility index (Phi) is 2.06. The van der Waals surface area contributed by atoms with Gasteiger partial charge >= 0.3 is 0 Å². The molecule has 0 unspecified atom stereocenters. The predicted molar refractivity (Wildman–Crippen MR) is 34.6 cm³/mol. The summed E-state index contributed by atoms with van der Waals surface area (Å²) in [7, 11) is 0. The van der Waals surface area contributed by atoms with Gasteiger partial charge in [0, 0.05) is 19.8 Å². The van der Waals surface area contributed by atoms with Crippen LogP contribution in [0.25, 0.3) is 0 Å². The molecule has 0 aromatic carbocycles. The summed E-state index contributed by atoms with van der Waals surface area (Å²) in [5.74, 6) is 0. The van der Waals surface area contributed by atoms with Crippen molar-refractivity contribution < 1.29 is 0 Å². The highest BCUT2D eigenvalue weighted by atomic mass is 15.1. The molecule has 0 amide bonds. The zero-order valence-electron chi connectivity index (χ0n) is 5.20. The molecule has 0 aliphatic carbocycles. The van der Waals surface area contributed by atoms with Gasteiger partial charge in [0.15, 0.2) is 0 Å². The van der Waals surface area contributed by atoms with E-state index in [1.54, 1.807) is 0 Å². The summed E-state index contributed by atoms with van der Waals surface area (Å²) >= 11 is 0. The van der Waals surface area contributed by atoms with Crippen molar-refractivity contribution in [1.82, 2.24) is 10.6 Å². The number of hydrogen-bond donors (Lipinski definition) is 2. The summed E-state index contributed by atoms with van der Waals surface area (Å²) < 4.78 is 0. The molecule has 1 aliphatic rings. The Morgan fingerprint density at radius 3 is 3.25 bits per heavy atom. The van der Waals surface area contributed by atoms with E-state index in [9.17, 15) is 0 Å². The first-order valence-electron chi connectivity index (χ1n) is 2.96. The molecule has 2 nitrogen and oxygen atoms in total. The van der Waals surface area contributed by atoms with Gasteiger partial charge in [0.05, 0.1) is 0 Å². The Morgan fingerprint density at radius 2 is 2.38 bits per heavy atom. The van der Waals surface area contributed by atoms with E-state index in [0.717, 1.165) is 19.8 Å². The maximum atomic E-state index is 3.22. The van der Waals surface area contributed by atoms with Crippen LogP contribution in [0.5, 0.6) is 0 Å². The lowest BCUT2D eigenvalue weighted by molar-refractivity contribution is 0.659. The van der Waals surface area contributed by atoms with Crippen molar-refractivity contribution in [2.45, 2.75) is 6.92 Å². The molecule has 0 aromatic heterocycles.